The summed E-state index contributed by atoms with van der Waals surface area (Å²) in [6, 6.07) is 18.0. The SMILES string of the molecule is CC(C)c1csc(C=Cc2ccc(C(=O)Nc3cc(CCCS(=O)(=O)c4ccc(Cl)cc4)ccc3OCC(=O)O)cc2)n1. The number of aryl methyl sites for hydroxylation is 1. The molecule has 0 atom stereocenters. The van der Waals surface area contributed by atoms with Crippen molar-refractivity contribution in [2.75, 3.05) is 17.7 Å². The van der Waals surface area contributed by atoms with E-state index in [4.69, 9.17) is 21.4 Å². The maximum atomic E-state index is 13.1. The molecule has 224 valence electrons. The van der Waals surface area contributed by atoms with Crippen molar-refractivity contribution >= 4 is 62.5 Å². The van der Waals surface area contributed by atoms with Crippen LogP contribution in [0.5, 0.6) is 5.75 Å². The van der Waals surface area contributed by atoms with Gasteiger partial charge in [-0.05, 0) is 84.5 Å². The van der Waals surface area contributed by atoms with E-state index in [1.165, 1.54) is 24.3 Å². The zero-order valence-electron chi connectivity index (χ0n) is 23.6. The van der Waals surface area contributed by atoms with Gasteiger partial charge in [0, 0.05) is 16.0 Å². The van der Waals surface area contributed by atoms with E-state index in [1.54, 1.807) is 41.7 Å². The zero-order chi connectivity index (χ0) is 31.0. The molecule has 0 bridgehead atoms. The van der Waals surface area contributed by atoms with Crippen molar-refractivity contribution in [2.24, 2.45) is 0 Å². The minimum absolute atomic E-state index is 0.0736. The first-order chi connectivity index (χ1) is 20.5. The van der Waals surface area contributed by atoms with Crippen LogP contribution in [-0.2, 0) is 21.1 Å². The van der Waals surface area contributed by atoms with E-state index in [9.17, 15) is 18.0 Å². The van der Waals surface area contributed by atoms with Crippen molar-refractivity contribution in [2.45, 2.75) is 37.5 Å². The molecule has 1 aromatic heterocycles. The second kappa shape index (κ2) is 14.5. The number of ether oxygens (including phenoxy) is 1. The minimum atomic E-state index is -3.49. The summed E-state index contributed by atoms with van der Waals surface area (Å²) in [6.45, 7) is 3.61. The molecule has 0 unspecified atom stereocenters. The third kappa shape index (κ3) is 9.25. The number of carboxylic acids is 1. The summed E-state index contributed by atoms with van der Waals surface area (Å²) in [5, 5.41) is 15.3. The van der Waals surface area contributed by atoms with Crippen LogP contribution in [0.2, 0.25) is 5.02 Å². The summed E-state index contributed by atoms with van der Waals surface area (Å²) in [4.78, 5) is 29.0. The van der Waals surface area contributed by atoms with Crippen LogP contribution in [0.4, 0.5) is 5.69 Å². The molecule has 2 N–H and O–H groups in total. The van der Waals surface area contributed by atoms with E-state index in [-0.39, 0.29) is 22.1 Å². The lowest BCUT2D eigenvalue weighted by molar-refractivity contribution is -0.139. The van der Waals surface area contributed by atoms with Crippen molar-refractivity contribution in [3.8, 4) is 5.75 Å². The minimum Gasteiger partial charge on any atom is -0.480 e. The van der Waals surface area contributed by atoms with Crippen LogP contribution in [0.1, 0.15) is 58.4 Å². The monoisotopic (exact) mass is 638 g/mol. The van der Waals surface area contributed by atoms with E-state index >= 15 is 0 Å². The molecule has 0 aliphatic rings. The smallest absolute Gasteiger partial charge is 0.341 e. The number of halogens is 1. The Morgan fingerprint density at radius 3 is 2.42 bits per heavy atom. The van der Waals surface area contributed by atoms with Gasteiger partial charge in [0.05, 0.1) is 22.0 Å². The predicted octanol–water partition coefficient (Wildman–Crippen LogP) is 7.21. The van der Waals surface area contributed by atoms with E-state index in [1.807, 2.05) is 29.7 Å². The fourth-order valence-corrected chi connectivity index (χ4v) is 6.38. The Kier molecular flexibility index (Phi) is 10.7. The predicted molar refractivity (Wildman–Crippen MR) is 171 cm³/mol. The first-order valence-corrected chi connectivity index (χ1v) is 16.4. The van der Waals surface area contributed by atoms with Gasteiger partial charge >= 0.3 is 5.97 Å². The number of sulfone groups is 1. The number of thiazole rings is 1. The highest BCUT2D eigenvalue weighted by atomic mass is 35.5. The number of carboxylic acid groups (broad SMARTS) is 1. The lowest BCUT2D eigenvalue weighted by Gasteiger charge is -2.14. The molecular formula is C32H31ClN2O6S2. The number of rotatable bonds is 13. The first kappa shape index (κ1) is 31.9. The molecule has 4 aromatic rings. The van der Waals surface area contributed by atoms with Gasteiger partial charge in [0.25, 0.3) is 5.91 Å². The number of nitrogens with one attached hydrogen (secondary N) is 1. The Hall–Kier alpha value is -3.99. The normalized spacial score (nSPS) is 11.6. The van der Waals surface area contributed by atoms with Crippen LogP contribution in [0.15, 0.2) is 77.0 Å². The third-order valence-electron chi connectivity index (χ3n) is 6.42. The van der Waals surface area contributed by atoms with E-state index in [0.29, 0.717) is 29.3 Å². The van der Waals surface area contributed by atoms with Gasteiger partial charge in [-0.3, -0.25) is 4.79 Å². The number of carbonyl (C=O) groups excluding carboxylic acids is 1. The molecule has 8 nitrogen and oxygen atoms in total. The van der Waals surface area contributed by atoms with Gasteiger partial charge < -0.3 is 15.2 Å². The Balaban J connectivity index is 1.43. The highest BCUT2D eigenvalue weighted by molar-refractivity contribution is 7.91. The fraction of sp³-hybridized carbons (Fsp3) is 0.219. The highest BCUT2D eigenvalue weighted by Gasteiger charge is 2.16. The van der Waals surface area contributed by atoms with Crippen LogP contribution in [0, 0.1) is 0 Å². The van der Waals surface area contributed by atoms with Gasteiger partial charge in [0.2, 0.25) is 0 Å². The van der Waals surface area contributed by atoms with E-state index in [2.05, 4.69) is 24.1 Å². The van der Waals surface area contributed by atoms with Crippen molar-refractivity contribution in [3.63, 3.8) is 0 Å². The molecule has 0 radical (unpaired) electrons. The van der Waals surface area contributed by atoms with E-state index < -0.39 is 28.3 Å². The van der Waals surface area contributed by atoms with Crippen LogP contribution in [0.25, 0.3) is 12.2 Å². The molecule has 4 rings (SSSR count). The number of hydrogen-bond donors (Lipinski definition) is 2. The summed E-state index contributed by atoms with van der Waals surface area (Å²) in [6.07, 6.45) is 4.61. The highest BCUT2D eigenvalue weighted by Crippen LogP contribution is 2.28. The maximum absolute atomic E-state index is 13.1. The molecule has 0 aliphatic carbocycles. The number of carbonyl (C=O) groups is 2. The lowest BCUT2D eigenvalue weighted by Crippen LogP contribution is -2.15. The Morgan fingerprint density at radius 2 is 1.77 bits per heavy atom. The molecule has 0 saturated carbocycles. The average molecular weight is 639 g/mol. The summed E-state index contributed by atoms with van der Waals surface area (Å²) in [7, 11) is -3.49. The molecule has 0 saturated heterocycles. The Bertz CT molecular complexity index is 1710. The van der Waals surface area contributed by atoms with E-state index in [0.717, 1.165) is 21.8 Å². The van der Waals surface area contributed by atoms with Crippen molar-refractivity contribution in [3.05, 3.63) is 105 Å². The quantitative estimate of drug-likeness (QED) is 0.159. The lowest BCUT2D eigenvalue weighted by atomic mass is 10.1. The van der Waals surface area contributed by atoms with Gasteiger partial charge in [-0.15, -0.1) is 11.3 Å². The molecule has 0 fully saturated rings. The number of benzene rings is 3. The molecule has 0 spiro atoms. The number of amides is 1. The van der Waals surface area contributed by atoms with Crippen molar-refractivity contribution < 1.29 is 27.9 Å². The summed E-state index contributed by atoms with van der Waals surface area (Å²) < 4.78 is 30.8. The maximum Gasteiger partial charge on any atom is 0.341 e. The largest absolute Gasteiger partial charge is 0.480 e. The number of aromatic nitrogens is 1. The van der Waals surface area contributed by atoms with Crippen molar-refractivity contribution in [1.82, 2.24) is 4.98 Å². The van der Waals surface area contributed by atoms with Gasteiger partial charge in [0.1, 0.15) is 10.8 Å². The number of anilines is 1. The molecular weight excluding hydrogens is 608 g/mol. The number of hydrogen-bond acceptors (Lipinski definition) is 7. The summed E-state index contributed by atoms with van der Waals surface area (Å²) in [5.41, 5.74) is 3.40. The number of nitrogens with zero attached hydrogens (tertiary/aromatic N) is 1. The topological polar surface area (TPSA) is 123 Å². The molecule has 3 aromatic carbocycles. The van der Waals surface area contributed by atoms with Gasteiger partial charge in [-0.25, -0.2) is 18.2 Å². The van der Waals surface area contributed by atoms with Gasteiger partial charge in [-0.2, -0.15) is 0 Å². The summed E-state index contributed by atoms with van der Waals surface area (Å²) >= 11 is 7.44. The molecule has 43 heavy (non-hydrogen) atoms. The van der Waals surface area contributed by atoms with Crippen LogP contribution in [0.3, 0.4) is 0 Å². The van der Waals surface area contributed by atoms with Gasteiger partial charge in [0.15, 0.2) is 16.4 Å². The van der Waals surface area contributed by atoms with Gasteiger partial charge in [-0.1, -0.05) is 49.7 Å². The Morgan fingerprint density at radius 1 is 1.05 bits per heavy atom. The summed E-state index contributed by atoms with van der Waals surface area (Å²) in [5.74, 6) is -1.08. The fourth-order valence-electron chi connectivity index (χ4n) is 4.07. The number of aliphatic carboxylic acids is 1. The average Bonchev–Trinajstić information content (AvgIpc) is 3.46. The molecule has 0 aliphatic heterocycles. The van der Waals surface area contributed by atoms with Crippen LogP contribution >= 0.6 is 22.9 Å². The standard InChI is InChI=1S/C32H31ClN2O6S2/c1-21(2)28-20-42-30(34-28)16-8-22-5-9-24(10-6-22)32(38)35-27-18-23(7-15-29(27)41-19-31(36)37)4-3-17-43(39,40)26-13-11-25(33)12-14-26/h5-16,18,20-21H,3-4,17,19H2,1-2H3,(H,35,38)(H,36,37). The first-order valence-electron chi connectivity index (χ1n) is 13.5. The zero-order valence-corrected chi connectivity index (χ0v) is 26.0. The Labute approximate surface area is 259 Å². The second-order valence-corrected chi connectivity index (χ2v) is 13.5. The molecule has 1 heterocycles. The third-order valence-corrected chi connectivity index (χ3v) is 9.31. The van der Waals surface area contributed by atoms with Crippen LogP contribution < -0.4 is 10.1 Å². The van der Waals surface area contributed by atoms with Crippen molar-refractivity contribution in [1.29, 1.82) is 0 Å². The molecule has 11 heteroatoms. The molecule has 1 amide bonds. The second-order valence-electron chi connectivity index (χ2n) is 10.1. The van der Waals surface area contributed by atoms with Crippen LogP contribution in [-0.4, -0.2) is 42.7 Å².